The van der Waals surface area contributed by atoms with Crippen molar-refractivity contribution in [2.75, 3.05) is 5.32 Å². The largest absolute Gasteiger partial charge is 0.508 e. The number of nitrogens with one attached hydrogen (secondary N) is 1. The number of aromatic hydroxyl groups is 1. The maximum atomic E-state index is 9.51. The molecule has 0 aliphatic heterocycles. The molecule has 0 aliphatic rings. The molecule has 0 unspecified atom stereocenters. The Bertz CT molecular complexity index is 740. The average molecular weight is 297 g/mol. The molecule has 0 saturated heterocycles. The zero-order valence-electron chi connectivity index (χ0n) is 11.6. The van der Waals surface area contributed by atoms with Gasteiger partial charge in [0.2, 0.25) is 0 Å². The number of aryl methyl sites for hydroxylation is 1. The zero-order chi connectivity index (χ0) is 14.7. The lowest BCUT2D eigenvalue weighted by atomic mass is 10.2. The van der Waals surface area contributed by atoms with Crippen molar-refractivity contribution in [3.05, 3.63) is 59.2 Å². The maximum Gasteiger partial charge on any atom is 0.142 e. The number of anilines is 1. The second-order valence-corrected chi connectivity index (χ2v) is 5.57. The quantitative estimate of drug-likeness (QED) is 0.719. The topological polar surface area (TPSA) is 58.0 Å². The van der Waals surface area contributed by atoms with E-state index in [9.17, 15) is 5.11 Å². The number of thiazole rings is 1. The van der Waals surface area contributed by atoms with Gasteiger partial charge in [0.1, 0.15) is 10.8 Å². The van der Waals surface area contributed by atoms with Gasteiger partial charge in [0.15, 0.2) is 0 Å². The molecular weight excluding hydrogens is 282 g/mol. The lowest BCUT2D eigenvalue weighted by Crippen LogP contribution is -1.99. The third-order valence-corrected chi connectivity index (χ3v) is 4.02. The third-order valence-electron chi connectivity index (χ3n) is 3.11. The maximum absolute atomic E-state index is 9.51. The monoisotopic (exact) mass is 297 g/mol. The van der Waals surface area contributed by atoms with Crippen LogP contribution in [0.1, 0.15) is 11.3 Å². The van der Waals surface area contributed by atoms with Gasteiger partial charge in [-0.2, -0.15) is 0 Å². The molecule has 2 heterocycles. The molecule has 0 bridgehead atoms. The molecule has 2 aromatic heterocycles. The van der Waals surface area contributed by atoms with E-state index < -0.39 is 0 Å². The summed E-state index contributed by atoms with van der Waals surface area (Å²) in [6.45, 7) is 2.52. The lowest BCUT2D eigenvalue weighted by Gasteiger charge is -2.06. The lowest BCUT2D eigenvalue weighted by molar-refractivity contribution is 0.471. The fraction of sp³-hybridized carbons (Fsp3) is 0.125. The second kappa shape index (κ2) is 5.93. The van der Waals surface area contributed by atoms with Crippen LogP contribution in [0.2, 0.25) is 0 Å². The molecule has 3 rings (SSSR count). The van der Waals surface area contributed by atoms with Crippen LogP contribution in [0.15, 0.2) is 48.0 Å². The van der Waals surface area contributed by atoms with Crippen molar-refractivity contribution in [2.45, 2.75) is 13.5 Å². The highest BCUT2D eigenvalue weighted by molar-refractivity contribution is 7.13. The van der Waals surface area contributed by atoms with E-state index >= 15 is 0 Å². The summed E-state index contributed by atoms with van der Waals surface area (Å²) in [5, 5.41) is 15.8. The third kappa shape index (κ3) is 3.20. The van der Waals surface area contributed by atoms with Gasteiger partial charge in [-0.15, -0.1) is 11.3 Å². The Hall–Kier alpha value is -2.40. The highest BCUT2D eigenvalue weighted by Gasteiger charge is 2.05. The van der Waals surface area contributed by atoms with Gasteiger partial charge in [0, 0.05) is 17.3 Å². The molecule has 2 N–H and O–H groups in total. The van der Waals surface area contributed by atoms with E-state index in [1.54, 1.807) is 23.6 Å². The predicted octanol–water partition coefficient (Wildman–Crippen LogP) is 3.83. The molecule has 5 heteroatoms. The van der Waals surface area contributed by atoms with Gasteiger partial charge in [-0.05, 0) is 42.8 Å². The Balaban J connectivity index is 1.69. The van der Waals surface area contributed by atoms with Crippen molar-refractivity contribution in [1.29, 1.82) is 0 Å². The van der Waals surface area contributed by atoms with Crippen LogP contribution in [0.3, 0.4) is 0 Å². The standard InChI is InChI=1S/C16H15N3OS/c1-11-8-12(5-6-15(11)20)18-9-13-10-21-16(19-13)14-4-2-3-7-17-14/h2-8,10,18,20H,9H2,1H3. The van der Waals surface area contributed by atoms with E-state index in [0.29, 0.717) is 12.3 Å². The summed E-state index contributed by atoms with van der Waals surface area (Å²) in [7, 11) is 0. The first-order chi connectivity index (χ1) is 10.2. The molecule has 0 radical (unpaired) electrons. The Morgan fingerprint density at radius 1 is 1.24 bits per heavy atom. The number of pyridine rings is 1. The molecule has 0 spiro atoms. The molecule has 106 valence electrons. The summed E-state index contributed by atoms with van der Waals surface area (Å²) in [5.74, 6) is 0.312. The van der Waals surface area contributed by atoms with Crippen molar-refractivity contribution in [2.24, 2.45) is 0 Å². The Morgan fingerprint density at radius 3 is 2.90 bits per heavy atom. The van der Waals surface area contributed by atoms with Crippen molar-refractivity contribution in [3.63, 3.8) is 0 Å². The Kier molecular flexibility index (Phi) is 3.83. The minimum Gasteiger partial charge on any atom is -0.508 e. The van der Waals surface area contributed by atoms with E-state index in [0.717, 1.165) is 27.6 Å². The average Bonchev–Trinajstić information content (AvgIpc) is 2.98. The van der Waals surface area contributed by atoms with Crippen LogP contribution in [0.4, 0.5) is 5.69 Å². The van der Waals surface area contributed by atoms with Gasteiger partial charge < -0.3 is 10.4 Å². The minimum atomic E-state index is 0.312. The molecular formula is C16H15N3OS. The Morgan fingerprint density at radius 2 is 2.14 bits per heavy atom. The summed E-state index contributed by atoms with van der Waals surface area (Å²) >= 11 is 1.59. The first-order valence-electron chi connectivity index (χ1n) is 6.61. The Labute approximate surface area is 127 Å². The van der Waals surface area contributed by atoms with Crippen molar-refractivity contribution in [1.82, 2.24) is 9.97 Å². The molecule has 4 nitrogen and oxygen atoms in total. The SMILES string of the molecule is Cc1cc(NCc2csc(-c3ccccn3)n2)ccc1O. The van der Waals surface area contributed by atoms with Gasteiger partial charge in [0.05, 0.1) is 17.9 Å². The van der Waals surface area contributed by atoms with Gasteiger partial charge in [-0.25, -0.2) is 4.98 Å². The summed E-state index contributed by atoms with van der Waals surface area (Å²) in [6, 6.07) is 11.3. The van der Waals surface area contributed by atoms with Crippen LogP contribution in [0.5, 0.6) is 5.75 Å². The zero-order valence-corrected chi connectivity index (χ0v) is 12.4. The van der Waals surface area contributed by atoms with Gasteiger partial charge >= 0.3 is 0 Å². The number of hydrogen-bond acceptors (Lipinski definition) is 5. The van der Waals surface area contributed by atoms with E-state index in [-0.39, 0.29) is 0 Å². The van der Waals surface area contributed by atoms with Gasteiger partial charge in [-0.1, -0.05) is 6.07 Å². The van der Waals surface area contributed by atoms with Gasteiger partial charge in [0.25, 0.3) is 0 Å². The number of hydrogen-bond donors (Lipinski definition) is 2. The number of rotatable bonds is 4. The summed E-state index contributed by atoms with van der Waals surface area (Å²) in [6.07, 6.45) is 1.77. The van der Waals surface area contributed by atoms with Crippen LogP contribution < -0.4 is 5.32 Å². The van der Waals surface area contributed by atoms with Crippen LogP contribution in [0, 0.1) is 6.92 Å². The van der Waals surface area contributed by atoms with E-state index in [1.807, 2.05) is 42.6 Å². The van der Waals surface area contributed by atoms with E-state index in [1.165, 1.54) is 0 Å². The van der Waals surface area contributed by atoms with Crippen molar-refractivity contribution < 1.29 is 5.11 Å². The second-order valence-electron chi connectivity index (χ2n) is 4.71. The number of nitrogens with zero attached hydrogens (tertiary/aromatic N) is 2. The summed E-state index contributed by atoms with van der Waals surface area (Å²) < 4.78 is 0. The number of phenolic OH excluding ortho intramolecular Hbond substituents is 1. The highest BCUT2D eigenvalue weighted by Crippen LogP contribution is 2.23. The molecule has 0 saturated carbocycles. The van der Waals surface area contributed by atoms with Crippen molar-refractivity contribution >= 4 is 17.0 Å². The molecule has 0 fully saturated rings. The molecule has 0 aliphatic carbocycles. The minimum absolute atomic E-state index is 0.312. The van der Waals surface area contributed by atoms with Crippen LogP contribution in [-0.4, -0.2) is 15.1 Å². The summed E-state index contributed by atoms with van der Waals surface area (Å²) in [5.41, 5.74) is 3.70. The molecule has 0 atom stereocenters. The van der Waals surface area contributed by atoms with Crippen LogP contribution in [0.25, 0.3) is 10.7 Å². The predicted molar refractivity (Wildman–Crippen MR) is 85.5 cm³/mol. The first-order valence-corrected chi connectivity index (χ1v) is 7.49. The fourth-order valence-electron chi connectivity index (χ4n) is 1.95. The molecule has 0 amide bonds. The summed E-state index contributed by atoms with van der Waals surface area (Å²) in [4.78, 5) is 8.88. The van der Waals surface area contributed by atoms with Crippen molar-refractivity contribution in [3.8, 4) is 16.5 Å². The highest BCUT2D eigenvalue weighted by atomic mass is 32.1. The number of aromatic nitrogens is 2. The number of benzene rings is 1. The normalized spacial score (nSPS) is 10.5. The van der Waals surface area contributed by atoms with Crippen LogP contribution >= 0.6 is 11.3 Å². The number of phenols is 1. The smallest absolute Gasteiger partial charge is 0.142 e. The van der Waals surface area contributed by atoms with Gasteiger partial charge in [-0.3, -0.25) is 4.98 Å². The molecule has 21 heavy (non-hydrogen) atoms. The van der Waals surface area contributed by atoms with E-state index in [2.05, 4.69) is 15.3 Å². The molecule has 1 aromatic carbocycles. The fourth-order valence-corrected chi connectivity index (χ4v) is 2.75. The molecule has 3 aromatic rings. The van der Waals surface area contributed by atoms with Crippen LogP contribution in [-0.2, 0) is 6.54 Å². The van der Waals surface area contributed by atoms with E-state index in [4.69, 9.17) is 0 Å². The first kappa shape index (κ1) is 13.6.